The molecule has 1 N–H and O–H groups in total. The Balaban J connectivity index is 0.00000306. The number of aryl methyl sites for hydroxylation is 2. The van der Waals surface area contributed by atoms with Gasteiger partial charge in [0.1, 0.15) is 0 Å². The number of anilines is 1. The van der Waals surface area contributed by atoms with Crippen LogP contribution in [-0.2, 0) is 27.7 Å². The third-order valence-electron chi connectivity index (χ3n) is 5.40. The molecular weight excluding hydrogens is 530 g/mol. The van der Waals surface area contributed by atoms with Crippen LogP contribution < -0.4 is 21.5 Å². The van der Waals surface area contributed by atoms with E-state index in [1.807, 2.05) is 24.3 Å². The van der Waals surface area contributed by atoms with Crippen LogP contribution in [0.5, 0.6) is 0 Å². The van der Waals surface area contributed by atoms with E-state index in [9.17, 15) is 9.59 Å². The van der Waals surface area contributed by atoms with Gasteiger partial charge in [0.15, 0.2) is 11.2 Å². The molecule has 3 heterocycles. The Labute approximate surface area is 209 Å². The molecule has 0 aliphatic heterocycles. The second-order valence-electron chi connectivity index (χ2n) is 7.51. The van der Waals surface area contributed by atoms with Crippen molar-refractivity contribution < 1.29 is 0 Å². The molecule has 0 radical (unpaired) electrons. The van der Waals surface area contributed by atoms with Crippen molar-refractivity contribution >= 4 is 57.0 Å². The third-order valence-corrected chi connectivity index (χ3v) is 6.52. The summed E-state index contributed by atoms with van der Waals surface area (Å²) in [4.78, 5) is 30.0. The predicted octanol–water partition coefficient (Wildman–Crippen LogP) is 3.46. The van der Waals surface area contributed by atoms with Crippen molar-refractivity contribution in [1.29, 1.82) is 0 Å². The molecule has 4 aromatic rings. The third kappa shape index (κ3) is 4.57. The van der Waals surface area contributed by atoms with Gasteiger partial charge in [0, 0.05) is 38.1 Å². The highest BCUT2D eigenvalue weighted by atomic mass is 79.9. The SMILES string of the molecule is Br.CCCCn1c(-c2ccc(Cl)cc2)cs/c1=N\Nc1nc2c(c(=O)n(C)c(=O)n2C)n1C. The van der Waals surface area contributed by atoms with E-state index in [-0.39, 0.29) is 17.0 Å². The minimum Gasteiger partial charge on any atom is -0.315 e. The molecule has 9 nitrogen and oxygen atoms in total. The number of aromatic nitrogens is 5. The van der Waals surface area contributed by atoms with Crippen molar-refractivity contribution in [2.75, 3.05) is 5.43 Å². The topological polar surface area (TPSA) is 91.1 Å². The van der Waals surface area contributed by atoms with E-state index in [1.165, 1.54) is 23.0 Å². The largest absolute Gasteiger partial charge is 0.332 e. The van der Waals surface area contributed by atoms with E-state index in [1.54, 1.807) is 18.7 Å². The average molecular weight is 555 g/mol. The first kappa shape index (κ1) is 25.0. The summed E-state index contributed by atoms with van der Waals surface area (Å²) in [6, 6.07) is 7.73. The van der Waals surface area contributed by atoms with Crippen LogP contribution in [0.4, 0.5) is 5.95 Å². The Morgan fingerprint density at radius 2 is 1.79 bits per heavy atom. The number of imidazole rings is 1. The van der Waals surface area contributed by atoms with E-state index in [0.717, 1.165) is 40.0 Å². The molecule has 0 fully saturated rings. The maximum atomic E-state index is 12.6. The highest BCUT2D eigenvalue weighted by Gasteiger charge is 2.17. The zero-order valence-electron chi connectivity index (χ0n) is 18.7. The summed E-state index contributed by atoms with van der Waals surface area (Å²) >= 11 is 7.56. The molecule has 0 saturated carbocycles. The summed E-state index contributed by atoms with van der Waals surface area (Å²) in [5.41, 5.74) is 4.92. The summed E-state index contributed by atoms with van der Waals surface area (Å²) in [6.45, 7) is 2.96. The maximum absolute atomic E-state index is 12.6. The summed E-state index contributed by atoms with van der Waals surface area (Å²) in [5, 5.41) is 7.34. The number of thiazole rings is 1. The number of benzene rings is 1. The van der Waals surface area contributed by atoms with Gasteiger partial charge in [0.2, 0.25) is 10.7 Å². The van der Waals surface area contributed by atoms with E-state index in [0.29, 0.717) is 22.1 Å². The first-order valence-corrected chi connectivity index (χ1v) is 11.5. The highest BCUT2D eigenvalue weighted by molar-refractivity contribution is 8.93. The molecule has 0 saturated heterocycles. The lowest BCUT2D eigenvalue weighted by Crippen LogP contribution is -2.37. The minimum absolute atomic E-state index is 0. The van der Waals surface area contributed by atoms with E-state index in [2.05, 4.69) is 32.4 Å². The Morgan fingerprint density at radius 1 is 1.09 bits per heavy atom. The Hall–Kier alpha value is -2.63. The van der Waals surface area contributed by atoms with Crippen LogP contribution in [0, 0.1) is 0 Å². The van der Waals surface area contributed by atoms with Crippen molar-refractivity contribution in [3.8, 4) is 11.3 Å². The van der Waals surface area contributed by atoms with Gasteiger partial charge >= 0.3 is 5.69 Å². The Kier molecular flexibility index (Phi) is 7.65. The fourth-order valence-electron chi connectivity index (χ4n) is 3.52. The van der Waals surface area contributed by atoms with Crippen LogP contribution in [0.2, 0.25) is 5.02 Å². The normalized spacial score (nSPS) is 11.7. The second kappa shape index (κ2) is 10.1. The molecule has 3 aromatic heterocycles. The lowest BCUT2D eigenvalue weighted by atomic mass is 10.1. The molecule has 12 heteroatoms. The lowest BCUT2D eigenvalue weighted by Gasteiger charge is -2.09. The van der Waals surface area contributed by atoms with Gasteiger partial charge in [-0.1, -0.05) is 37.1 Å². The molecule has 0 aliphatic carbocycles. The zero-order chi connectivity index (χ0) is 23.0. The molecule has 4 rings (SSSR count). The monoisotopic (exact) mass is 553 g/mol. The van der Waals surface area contributed by atoms with Crippen LogP contribution in [0.25, 0.3) is 22.4 Å². The van der Waals surface area contributed by atoms with Gasteiger partial charge in [-0.3, -0.25) is 13.9 Å². The molecule has 176 valence electrons. The molecule has 0 amide bonds. The summed E-state index contributed by atoms with van der Waals surface area (Å²) < 4.78 is 6.20. The Bertz CT molecular complexity index is 1480. The average Bonchev–Trinajstić information content (AvgIpc) is 3.34. The van der Waals surface area contributed by atoms with E-state index >= 15 is 0 Å². The van der Waals surface area contributed by atoms with Crippen molar-refractivity contribution in [1.82, 2.24) is 23.3 Å². The second-order valence-corrected chi connectivity index (χ2v) is 8.78. The molecule has 1 aromatic carbocycles. The van der Waals surface area contributed by atoms with Gasteiger partial charge in [-0.2, -0.15) is 4.98 Å². The molecule has 0 unspecified atom stereocenters. The van der Waals surface area contributed by atoms with Crippen LogP contribution >= 0.6 is 39.9 Å². The quantitative estimate of drug-likeness (QED) is 0.370. The first-order chi connectivity index (χ1) is 15.3. The number of hydrogen-bond donors (Lipinski definition) is 1. The lowest BCUT2D eigenvalue weighted by molar-refractivity contribution is 0.622. The molecule has 0 bridgehead atoms. The summed E-state index contributed by atoms with van der Waals surface area (Å²) in [5.74, 6) is 0.377. The molecule has 0 aliphatic rings. The number of nitrogens with one attached hydrogen (secondary N) is 1. The summed E-state index contributed by atoms with van der Waals surface area (Å²) in [7, 11) is 4.77. The summed E-state index contributed by atoms with van der Waals surface area (Å²) in [6.07, 6.45) is 2.06. The van der Waals surface area contributed by atoms with Gasteiger partial charge in [-0.15, -0.1) is 33.4 Å². The van der Waals surface area contributed by atoms with Crippen LogP contribution in [0.1, 0.15) is 19.8 Å². The molecule has 0 spiro atoms. The minimum atomic E-state index is -0.424. The number of halogens is 2. The van der Waals surface area contributed by atoms with Gasteiger partial charge < -0.3 is 9.13 Å². The maximum Gasteiger partial charge on any atom is 0.332 e. The van der Waals surface area contributed by atoms with Gasteiger partial charge in [0.05, 0.1) is 5.69 Å². The van der Waals surface area contributed by atoms with Crippen molar-refractivity contribution in [2.45, 2.75) is 26.3 Å². The number of rotatable bonds is 6. The van der Waals surface area contributed by atoms with E-state index in [4.69, 9.17) is 11.6 Å². The number of nitrogens with zero attached hydrogens (tertiary/aromatic N) is 6. The first-order valence-electron chi connectivity index (χ1n) is 10.2. The van der Waals surface area contributed by atoms with Gasteiger partial charge in [0.25, 0.3) is 5.56 Å². The highest BCUT2D eigenvalue weighted by Crippen LogP contribution is 2.23. The predicted molar refractivity (Wildman–Crippen MR) is 138 cm³/mol. The van der Waals surface area contributed by atoms with Crippen molar-refractivity contribution in [2.24, 2.45) is 26.2 Å². The standard InChI is InChI=1S/C21H24ClN7O2S.BrH/c1-5-6-11-29-15(13-7-9-14(22)10-8-13)12-32-20(29)25-24-19-23-17-16(26(19)2)18(30)28(4)21(31)27(17)3;/h7-10,12H,5-6,11H2,1-4H3,(H,23,24);1H/b25-20-;. The van der Waals surface area contributed by atoms with Crippen LogP contribution in [0.3, 0.4) is 0 Å². The van der Waals surface area contributed by atoms with Crippen LogP contribution in [-0.4, -0.2) is 23.3 Å². The number of unbranched alkanes of at least 4 members (excludes halogenated alkanes) is 1. The fourth-order valence-corrected chi connectivity index (χ4v) is 4.54. The molecule has 33 heavy (non-hydrogen) atoms. The van der Waals surface area contributed by atoms with E-state index < -0.39 is 11.2 Å². The van der Waals surface area contributed by atoms with Gasteiger partial charge in [-0.25, -0.2) is 10.2 Å². The smallest absolute Gasteiger partial charge is 0.315 e. The molecule has 0 atom stereocenters. The number of hydrogen-bond acceptors (Lipinski definition) is 6. The number of fused-ring (bicyclic) bond motifs is 1. The fraction of sp³-hybridized carbons (Fsp3) is 0.333. The van der Waals surface area contributed by atoms with Crippen LogP contribution in [0.15, 0.2) is 44.3 Å². The zero-order valence-corrected chi connectivity index (χ0v) is 22.0. The molecular formula is C21H25BrClN7O2S. The van der Waals surface area contributed by atoms with Crippen molar-refractivity contribution in [3.63, 3.8) is 0 Å². The Morgan fingerprint density at radius 3 is 2.45 bits per heavy atom. The van der Waals surface area contributed by atoms with Gasteiger partial charge in [-0.05, 0) is 24.1 Å². The van der Waals surface area contributed by atoms with Crippen molar-refractivity contribution in [3.05, 3.63) is 60.3 Å².